The number of ether oxygens (including phenoxy) is 2. The third-order valence-corrected chi connectivity index (χ3v) is 10.8. The number of esters is 2. The van der Waals surface area contributed by atoms with Crippen LogP contribution >= 0.6 is 0 Å². The molecule has 3 aliphatic carbocycles. The molecule has 0 aromatic heterocycles. The summed E-state index contributed by atoms with van der Waals surface area (Å²) in [5.41, 5.74) is 0.305. The number of hydrogen-bond acceptors (Lipinski definition) is 4. The molecule has 35 heavy (non-hydrogen) atoms. The van der Waals surface area contributed by atoms with Gasteiger partial charge in [0.15, 0.2) is 0 Å². The lowest BCUT2D eigenvalue weighted by molar-refractivity contribution is -0.153. The number of hydrogen-bond donors (Lipinski definition) is 0. The Balaban J connectivity index is 1.91. The minimum Gasteiger partial charge on any atom is -0.469 e. The predicted octanol–water partition coefficient (Wildman–Crippen LogP) is 7.61. The van der Waals surface area contributed by atoms with Gasteiger partial charge in [-0.15, -0.1) is 0 Å². The fourth-order valence-corrected chi connectivity index (χ4v) is 9.05. The van der Waals surface area contributed by atoms with E-state index in [1.54, 1.807) is 0 Å². The summed E-state index contributed by atoms with van der Waals surface area (Å²) in [5.74, 6) is 3.58. The monoisotopic (exact) mass is 488 g/mol. The zero-order valence-corrected chi connectivity index (χ0v) is 24.0. The Labute approximate surface area is 215 Å². The average molecular weight is 489 g/mol. The molecule has 0 amide bonds. The van der Waals surface area contributed by atoms with Crippen LogP contribution in [0.2, 0.25) is 0 Å². The van der Waals surface area contributed by atoms with Gasteiger partial charge in [0.1, 0.15) is 0 Å². The molecular formula is C31H52O4. The first kappa shape index (κ1) is 28.3. The van der Waals surface area contributed by atoms with E-state index < -0.39 is 10.8 Å². The zero-order chi connectivity index (χ0) is 26.2. The van der Waals surface area contributed by atoms with E-state index in [0.717, 1.165) is 36.2 Å². The van der Waals surface area contributed by atoms with Crippen molar-refractivity contribution >= 4 is 11.9 Å². The van der Waals surface area contributed by atoms with Gasteiger partial charge >= 0.3 is 11.9 Å². The Morgan fingerprint density at radius 1 is 1.03 bits per heavy atom. The highest BCUT2D eigenvalue weighted by atomic mass is 16.5. The number of methoxy groups -OCH3 is 2. The van der Waals surface area contributed by atoms with Crippen LogP contribution in [0.4, 0.5) is 0 Å². The molecular weight excluding hydrogens is 436 g/mol. The first-order chi connectivity index (χ1) is 16.3. The zero-order valence-electron chi connectivity index (χ0n) is 24.0. The fourth-order valence-electron chi connectivity index (χ4n) is 9.05. The van der Waals surface area contributed by atoms with Crippen LogP contribution < -0.4 is 0 Å². The van der Waals surface area contributed by atoms with Crippen molar-refractivity contribution in [2.75, 3.05) is 14.2 Å². The van der Waals surface area contributed by atoms with E-state index in [0.29, 0.717) is 29.6 Å². The maximum Gasteiger partial charge on any atom is 0.315 e. The molecule has 2 saturated carbocycles. The molecule has 0 saturated heterocycles. The first-order valence-corrected chi connectivity index (χ1v) is 14.2. The second-order valence-corrected chi connectivity index (χ2v) is 13.5. The molecule has 3 aliphatic rings. The van der Waals surface area contributed by atoms with Gasteiger partial charge in [-0.1, -0.05) is 65.5 Å². The molecule has 0 spiro atoms. The van der Waals surface area contributed by atoms with E-state index >= 15 is 0 Å². The Morgan fingerprint density at radius 2 is 1.71 bits per heavy atom. The van der Waals surface area contributed by atoms with Gasteiger partial charge in [-0.2, -0.15) is 0 Å². The third kappa shape index (κ3) is 5.10. The van der Waals surface area contributed by atoms with E-state index in [2.05, 4.69) is 40.7 Å². The Morgan fingerprint density at radius 3 is 2.31 bits per heavy atom. The molecule has 4 nitrogen and oxygen atoms in total. The van der Waals surface area contributed by atoms with E-state index in [1.165, 1.54) is 52.7 Å². The van der Waals surface area contributed by atoms with Crippen molar-refractivity contribution in [3.63, 3.8) is 0 Å². The lowest BCUT2D eigenvalue weighted by Gasteiger charge is -2.58. The number of allylic oxidation sites excluding steroid dienone is 1. The first-order valence-electron chi connectivity index (χ1n) is 14.2. The second kappa shape index (κ2) is 10.6. The quantitative estimate of drug-likeness (QED) is 0.248. The Bertz CT molecular complexity index is 811. The Hall–Kier alpha value is -1.32. The van der Waals surface area contributed by atoms with Gasteiger partial charge < -0.3 is 9.47 Å². The molecule has 0 aliphatic heterocycles. The SMILES string of the molecule is COC(=O)C[C@]1(C)C(C(C)(C)C(=O)OC)=CC[C@H]2[C@H]3CC[C@@H]([C@H](C)CCCC(C)C)[C@@]3(C)CC[C@@H]21. The number of rotatable bonds is 9. The van der Waals surface area contributed by atoms with Crippen molar-refractivity contribution in [3.05, 3.63) is 11.6 Å². The summed E-state index contributed by atoms with van der Waals surface area (Å²) in [6.45, 7) is 15.9. The highest BCUT2D eigenvalue weighted by Crippen LogP contribution is 2.67. The van der Waals surface area contributed by atoms with Crippen LogP contribution in [0.5, 0.6) is 0 Å². The van der Waals surface area contributed by atoms with Crippen molar-refractivity contribution in [1.82, 2.24) is 0 Å². The third-order valence-electron chi connectivity index (χ3n) is 10.8. The maximum absolute atomic E-state index is 12.8. The molecule has 0 bridgehead atoms. The van der Waals surface area contributed by atoms with Gasteiger partial charge in [-0.05, 0) is 86.9 Å². The lowest BCUT2D eigenvalue weighted by atomic mass is 9.46. The Kier molecular flexibility index (Phi) is 8.54. The molecule has 0 N–H and O–H groups in total. The van der Waals surface area contributed by atoms with Crippen LogP contribution in [0.15, 0.2) is 11.6 Å². The van der Waals surface area contributed by atoms with Gasteiger partial charge in [0.25, 0.3) is 0 Å². The van der Waals surface area contributed by atoms with Gasteiger partial charge in [0.05, 0.1) is 26.1 Å². The van der Waals surface area contributed by atoms with E-state index in [-0.39, 0.29) is 11.9 Å². The summed E-state index contributed by atoms with van der Waals surface area (Å²) in [5, 5.41) is 0. The van der Waals surface area contributed by atoms with Crippen molar-refractivity contribution < 1.29 is 19.1 Å². The van der Waals surface area contributed by atoms with Crippen LogP contribution in [-0.2, 0) is 19.1 Å². The molecule has 3 rings (SSSR count). The molecule has 0 radical (unpaired) electrons. The summed E-state index contributed by atoms with van der Waals surface area (Å²) >= 11 is 0. The molecule has 0 aromatic carbocycles. The molecule has 200 valence electrons. The summed E-state index contributed by atoms with van der Waals surface area (Å²) in [4.78, 5) is 25.5. The fraction of sp³-hybridized carbons (Fsp3) is 0.871. The summed E-state index contributed by atoms with van der Waals surface area (Å²) in [7, 11) is 2.93. The summed E-state index contributed by atoms with van der Waals surface area (Å²) in [6.07, 6.45) is 12.6. The normalized spacial score (nSPS) is 35.7. The maximum atomic E-state index is 12.8. The molecule has 0 unspecified atom stereocenters. The molecule has 0 heterocycles. The summed E-state index contributed by atoms with van der Waals surface area (Å²) in [6, 6.07) is 0. The van der Waals surface area contributed by atoms with Crippen molar-refractivity contribution in [2.24, 2.45) is 51.8 Å². The average Bonchev–Trinajstić information content (AvgIpc) is 3.15. The van der Waals surface area contributed by atoms with Gasteiger partial charge in [-0.3, -0.25) is 9.59 Å². The van der Waals surface area contributed by atoms with Crippen molar-refractivity contribution in [3.8, 4) is 0 Å². The van der Waals surface area contributed by atoms with Crippen LogP contribution in [0.25, 0.3) is 0 Å². The van der Waals surface area contributed by atoms with Gasteiger partial charge in [0.2, 0.25) is 0 Å². The predicted molar refractivity (Wildman–Crippen MR) is 142 cm³/mol. The van der Waals surface area contributed by atoms with Crippen molar-refractivity contribution in [1.29, 1.82) is 0 Å². The number of carbonyl (C=O) groups excluding carboxylic acids is 2. The van der Waals surface area contributed by atoms with Crippen LogP contribution in [0.3, 0.4) is 0 Å². The second-order valence-electron chi connectivity index (χ2n) is 13.5. The standard InChI is InChI=1S/C31H52O4/c1-20(2)11-10-12-21(3)23-14-15-24-22-13-16-26(29(4,5)28(33)35-9)31(7,19-27(32)34-8)25(22)17-18-30(23,24)6/h16,20-25H,10-15,17-19H2,1-9H3/t21-,22+,23+,24-,25+,30-,31+/m1/s1. The molecule has 0 aromatic rings. The molecule has 4 heteroatoms. The van der Waals surface area contributed by atoms with E-state index in [9.17, 15) is 9.59 Å². The van der Waals surface area contributed by atoms with Crippen LogP contribution in [-0.4, -0.2) is 26.2 Å². The van der Waals surface area contributed by atoms with E-state index in [1.807, 2.05) is 13.8 Å². The highest BCUT2D eigenvalue weighted by molar-refractivity contribution is 5.81. The van der Waals surface area contributed by atoms with E-state index in [4.69, 9.17) is 9.47 Å². The summed E-state index contributed by atoms with van der Waals surface area (Å²) < 4.78 is 10.4. The van der Waals surface area contributed by atoms with Crippen LogP contribution in [0.1, 0.15) is 106 Å². The number of carbonyl (C=O) groups is 2. The van der Waals surface area contributed by atoms with Crippen LogP contribution in [0, 0.1) is 51.8 Å². The number of fused-ring (bicyclic) bond motifs is 3. The minimum atomic E-state index is -0.758. The largest absolute Gasteiger partial charge is 0.469 e. The van der Waals surface area contributed by atoms with Gasteiger partial charge in [-0.25, -0.2) is 0 Å². The molecule has 2 fully saturated rings. The van der Waals surface area contributed by atoms with Gasteiger partial charge in [0, 0.05) is 5.41 Å². The van der Waals surface area contributed by atoms with Crippen molar-refractivity contribution in [2.45, 2.75) is 106 Å². The lowest BCUT2D eigenvalue weighted by Crippen LogP contribution is -2.52. The minimum absolute atomic E-state index is 0.184. The smallest absolute Gasteiger partial charge is 0.315 e. The molecule has 7 atom stereocenters. The topological polar surface area (TPSA) is 52.6 Å². The highest BCUT2D eigenvalue weighted by Gasteiger charge is 2.60.